The smallest absolute Gasteiger partial charge is 0.434 e. The van der Waals surface area contributed by atoms with Crippen molar-refractivity contribution in [2.24, 2.45) is 0 Å². The number of esters is 2. The van der Waals surface area contributed by atoms with Crippen LogP contribution in [0.2, 0.25) is 0 Å². The lowest BCUT2D eigenvalue weighted by Gasteiger charge is -2.22. The summed E-state index contributed by atoms with van der Waals surface area (Å²) in [5, 5.41) is -4.42. The molecule has 12 heteroatoms. The fraction of sp³-hybridized carbons (Fsp3) is 0.500. The molecule has 2 rings (SSSR count). The molecule has 2 heterocycles. The molecule has 1 aliphatic heterocycles. The van der Waals surface area contributed by atoms with Gasteiger partial charge in [0.1, 0.15) is 16.8 Å². The van der Waals surface area contributed by atoms with Crippen LogP contribution in [0.1, 0.15) is 39.0 Å². The molecule has 0 atom stereocenters. The lowest BCUT2D eigenvalue weighted by atomic mass is 10.0. The number of ether oxygens (including phenoxy) is 2. The molecule has 26 heavy (non-hydrogen) atoms. The number of hydrogen-bond donors (Lipinski definition) is 0. The van der Waals surface area contributed by atoms with Crippen LogP contribution in [0.25, 0.3) is 0 Å². The fourth-order valence-electron chi connectivity index (χ4n) is 2.27. The normalized spacial score (nSPS) is 14.2. The van der Waals surface area contributed by atoms with Gasteiger partial charge in [-0.05, 0) is 18.5 Å². The summed E-state index contributed by atoms with van der Waals surface area (Å²) >= 11 is 4.87. The number of halogens is 6. The van der Waals surface area contributed by atoms with Gasteiger partial charge in [0.25, 0.3) is 0 Å². The molecule has 0 spiro atoms. The summed E-state index contributed by atoms with van der Waals surface area (Å²) in [7, 11) is 0.839. The zero-order valence-electron chi connectivity index (χ0n) is 13.4. The van der Waals surface area contributed by atoms with Gasteiger partial charge in [-0.2, -0.15) is 22.0 Å². The van der Waals surface area contributed by atoms with Gasteiger partial charge in [0.2, 0.25) is 0 Å². The highest BCUT2D eigenvalue weighted by Gasteiger charge is 2.48. The maximum absolute atomic E-state index is 13.7. The van der Waals surface area contributed by atoms with Gasteiger partial charge in [-0.3, -0.25) is 0 Å². The maximum Gasteiger partial charge on any atom is 0.434 e. The minimum absolute atomic E-state index is 0.130. The average molecular weight is 403 g/mol. The molecule has 1 fully saturated rings. The van der Waals surface area contributed by atoms with Gasteiger partial charge in [0.05, 0.1) is 19.4 Å². The third kappa shape index (κ3) is 3.81. The highest BCUT2D eigenvalue weighted by molar-refractivity contribution is 6.22. The Balaban J connectivity index is 2.97. The molecule has 1 aromatic rings. The van der Waals surface area contributed by atoms with Crippen LogP contribution in [0, 0.1) is 0 Å². The monoisotopic (exact) mass is 402 g/mol. The van der Waals surface area contributed by atoms with E-state index >= 15 is 0 Å². The molecule has 0 N–H and O–H groups in total. The number of alkyl halides is 6. The van der Waals surface area contributed by atoms with E-state index in [0.717, 1.165) is 12.0 Å². The number of rotatable bonds is 5. The second-order valence-corrected chi connectivity index (χ2v) is 5.58. The fourth-order valence-corrected chi connectivity index (χ4v) is 2.40. The summed E-state index contributed by atoms with van der Waals surface area (Å²) in [4.78, 5) is 28.1. The number of methoxy groups -OCH3 is 1. The Hall–Kier alpha value is -2.17. The van der Waals surface area contributed by atoms with E-state index in [4.69, 9.17) is 11.6 Å². The largest absolute Gasteiger partial charge is 0.465 e. The van der Waals surface area contributed by atoms with Crippen molar-refractivity contribution in [3.63, 3.8) is 0 Å². The minimum atomic E-state index is -5.28. The van der Waals surface area contributed by atoms with Gasteiger partial charge in [0.15, 0.2) is 5.69 Å². The first kappa shape index (κ1) is 20.1. The molecule has 0 aromatic carbocycles. The Morgan fingerprint density at radius 2 is 1.65 bits per heavy atom. The molecule has 0 radical (unpaired) electrons. The summed E-state index contributed by atoms with van der Waals surface area (Å²) < 4.78 is 76.6. The van der Waals surface area contributed by atoms with Crippen molar-refractivity contribution in [1.29, 1.82) is 0 Å². The quantitative estimate of drug-likeness (QED) is 0.326. The van der Waals surface area contributed by atoms with E-state index in [1.165, 1.54) is 6.92 Å². The molecule has 0 saturated carbocycles. The van der Waals surface area contributed by atoms with Gasteiger partial charge in [-0.1, -0.05) is 0 Å². The highest BCUT2D eigenvalue weighted by atomic mass is 35.5. The van der Waals surface area contributed by atoms with Gasteiger partial charge in [-0.25, -0.2) is 14.6 Å². The second-order valence-electron chi connectivity index (χ2n) is 5.10. The van der Waals surface area contributed by atoms with Crippen molar-refractivity contribution in [2.45, 2.75) is 18.5 Å². The van der Waals surface area contributed by atoms with Crippen molar-refractivity contribution in [1.82, 2.24) is 4.98 Å². The minimum Gasteiger partial charge on any atom is -0.465 e. The number of carbonyl (C=O) groups excluding carboxylic acids is 2. The summed E-state index contributed by atoms with van der Waals surface area (Å²) in [5.41, 5.74) is -6.40. The van der Waals surface area contributed by atoms with Crippen LogP contribution in [0.5, 0.6) is 0 Å². The van der Waals surface area contributed by atoms with Crippen LogP contribution in [0.4, 0.5) is 27.6 Å². The average Bonchev–Trinajstić information content (AvgIpc) is 3.35. The first-order valence-corrected chi connectivity index (χ1v) is 7.54. The standard InChI is InChI=1S/C14H12ClF5N2O4/c1-3-26-12(24)7-8(22-4-5-22)6(11(23)25-2)9(13(15,16)17)21-10(7)14(18,19)20/h3-5H2,1-2H3. The Morgan fingerprint density at radius 3 is 2.04 bits per heavy atom. The number of anilines is 1. The van der Waals surface area contributed by atoms with Crippen LogP contribution in [0.3, 0.4) is 0 Å². The Kier molecular flexibility index (Phi) is 5.31. The molecule has 6 nitrogen and oxygen atoms in total. The van der Waals surface area contributed by atoms with E-state index in [1.54, 1.807) is 0 Å². The number of nitrogens with zero attached hydrogens (tertiary/aromatic N) is 2. The van der Waals surface area contributed by atoms with E-state index in [0.29, 0.717) is 0 Å². The van der Waals surface area contributed by atoms with Crippen LogP contribution in [-0.2, 0) is 21.0 Å². The van der Waals surface area contributed by atoms with Gasteiger partial charge in [-0.15, -0.1) is 0 Å². The van der Waals surface area contributed by atoms with Crippen LogP contribution >= 0.6 is 11.6 Å². The van der Waals surface area contributed by atoms with Crippen molar-refractivity contribution in [2.75, 3.05) is 31.7 Å². The van der Waals surface area contributed by atoms with Gasteiger partial charge in [0, 0.05) is 13.1 Å². The lowest BCUT2D eigenvalue weighted by molar-refractivity contribution is -0.142. The Morgan fingerprint density at radius 1 is 1.12 bits per heavy atom. The van der Waals surface area contributed by atoms with Crippen molar-refractivity contribution in [3.8, 4) is 0 Å². The van der Waals surface area contributed by atoms with E-state index in [1.807, 2.05) is 0 Å². The summed E-state index contributed by atoms with van der Waals surface area (Å²) in [5.74, 6) is -2.86. The number of pyridine rings is 1. The third-order valence-corrected chi connectivity index (χ3v) is 3.52. The number of carbonyl (C=O) groups is 2. The van der Waals surface area contributed by atoms with E-state index in [2.05, 4.69) is 14.5 Å². The van der Waals surface area contributed by atoms with Crippen LogP contribution < -0.4 is 4.90 Å². The molecule has 0 bridgehead atoms. The van der Waals surface area contributed by atoms with Gasteiger partial charge < -0.3 is 14.4 Å². The molecular formula is C14H12ClF5N2O4. The van der Waals surface area contributed by atoms with Crippen molar-refractivity contribution >= 4 is 29.2 Å². The second kappa shape index (κ2) is 6.86. The summed E-state index contributed by atoms with van der Waals surface area (Å²) in [6.45, 7) is 1.32. The van der Waals surface area contributed by atoms with Crippen LogP contribution in [-0.4, -0.2) is 43.7 Å². The zero-order chi connectivity index (χ0) is 19.9. The highest BCUT2D eigenvalue weighted by Crippen LogP contribution is 2.45. The van der Waals surface area contributed by atoms with Crippen molar-refractivity contribution in [3.05, 3.63) is 22.5 Å². The Bertz CT molecular complexity index is 744. The van der Waals surface area contributed by atoms with Crippen molar-refractivity contribution < 1.29 is 41.0 Å². The molecule has 1 aromatic heterocycles. The SMILES string of the molecule is CCOC(=O)c1c(C(F)(F)F)nc(C(F)(F)Cl)c(C(=O)OC)c1N1CC1. The molecule has 1 saturated heterocycles. The van der Waals surface area contributed by atoms with Crippen LogP contribution in [0.15, 0.2) is 0 Å². The van der Waals surface area contributed by atoms with E-state index < -0.39 is 51.7 Å². The molecule has 0 aliphatic carbocycles. The summed E-state index contributed by atoms with van der Waals surface area (Å²) in [6, 6.07) is 0. The Labute approximate surface area is 148 Å². The zero-order valence-corrected chi connectivity index (χ0v) is 14.2. The van der Waals surface area contributed by atoms with E-state index in [-0.39, 0.29) is 19.7 Å². The number of aromatic nitrogens is 1. The molecule has 1 aliphatic rings. The molecule has 0 unspecified atom stereocenters. The third-order valence-electron chi connectivity index (χ3n) is 3.34. The maximum atomic E-state index is 13.7. The number of hydrogen-bond acceptors (Lipinski definition) is 6. The lowest BCUT2D eigenvalue weighted by Crippen LogP contribution is -2.27. The first-order chi connectivity index (χ1) is 11.9. The molecule has 0 amide bonds. The predicted molar refractivity (Wildman–Crippen MR) is 78.5 cm³/mol. The topological polar surface area (TPSA) is 68.5 Å². The molecule has 144 valence electrons. The molecular weight excluding hydrogens is 391 g/mol. The first-order valence-electron chi connectivity index (χ1n) is 7.16. The van der Waals surface area contributed by atoms with E-state index in [9.17, 15) is 31.5 Å². The summed E-state index contributed by atoms with van der Waals surface area (Å²) in [6.07, 6.45) is -5.28. The predicted octanol–water partition coefficient (Wildman–Crippen LogP) is 3.17. The van der Waals surface area contributed by atoms with Gasteiger partial charge >= 0.3 is 23.5 Å².